The Hall–Kier alpha value is -1.26. The van der Waals surface area contributed by atoms with E-state index < -0.39 is 0 Å². The average molecular weight is 298 g/mol. The number of carbonyl (C=O) groups is 1. The molecule has 1 heterocycles. The highest BCUT2D eigenvalue weighted by Crippen LogP contribution is 2.24. The third-order valence-electron chi connectivity index (χ3n) is 3.52. The molecule has 1 aromatic carbocycles. The van der Waals surface area contributed by atoms with Crippen molar-refractivity contribution in [2.45, 2.75) is 26.0 Å². The molecule has 4 nitrogen and oxygen atoms in total. The van der Waals surface area contributed by atoms with E-state index in [0.29, 0.717) is 30.3 Å². The molecule has 0 aromatic heterocycles. The number of carbonyl (C=O) groups excluding carboxylic acids is 1. The molecule has 1 aliphatic heterocycles. The van der Waals surface area contributed by atoms with E-state index in [1.807, 2.05) is 36.9 Å². The molecule has 2 rings (SSSR count). The van der Waals surface area contributed by atoms with E-state index in [1.165, 1.54) is 0 Å². The van der Waals surface area contributed by atoms with Crippen LogP contribution in [0.1, 0.15) is 22.8 Å². The van der Waals surface area contributed by atoms with Gasteiger partial charge in [0.25, 0.3) is 5.91 Å². The molecule has 1 aromatic rings. The van der Waals surface area contributed by atoms with Gasteiger partial charge in [-0.1, -0.05) is 11.6 Å². The SMILES string of the molecule is COc1ccc(C)cc1C(=O)N1CC(CCl)OCC1C. The minimum absolute atomic E-state index is 0.0310. The minimum Gasteiger partial charge on any atom is -0.496 e. The molecule has 0 radical (unpaired) electrons. The first-order valence-corrected chi connectivity index (χ1v) is 7.23. The highest BCUT2D eigenvalue weighted by molar-refractivity contribution is 6.18. The summed E-state index contributed by atoms with van der Waals surface area (Å²) in [5.74, 6) is 0.958. The summed E-state index contributed by atoms with van der Waals surface area (Å²) in [6.07, 6.45) is -0.104. The summed E-state index contributed by atoms with van der Waals surface area (Å²) in [4.78, 5) is 14.6. The highest BCUT2D eigenvalue weighted by atomic mass is 35.5. The second-order valence-electron chi connectivity index (χ2n) is 5.12. The Morgan fingerprint density at radius 2 is 2.30 bits per heavy atom. The van der Waals surface area contributed by atoms with Gasteiger partial charge in [-0.15, -0.1) is 11.6 Å². The predicted octanol–water partition coefficient (Wildman–Crippen LogP) is 2.47. The number of benzene rings is 1. The maximum atomic E-state index is 12.8. The van der Waals surface area contributed by atoms with Crippen molar-refractivity contribution in [1.29, 1.82) is 0 Å². The number of rotatable bonds is 3. The third-order valence-corrected chi connectivity index (χ3v) is 3.87. The second kappa shape index (κ2) is 6.46. The van der Waals surface area contributed by atoms with E-state index in [-0.39, 0.29) is 18.1 Å². The van der Waals surface area contributed by atoms with Crippen LogP contribution in [0.15, 0.2) is 18.2 Å². The number of nitrogens with zero attached hydrogens (tertiary/aromatic N) is 1. The maximum Gasteiger partial charge on any atom is 0.258 e. The van der Waals surface area contributed by atoms with Crippen LogP contribution in [0.4, 0.5) is 0 Å². The van der Waals surface area contributed by atoms with E-state index in [4.69, 9.17) is 21.1 Å². The van der Waals surface area contributed by atoms with Crippen LogP contribution in [0.25, 0.3) is 0 Å². The maximum absolute atomic E-state index is 12.8. The van der Waals surface area contributed by atoms with Crippen molar-refractivity contribution in [3.05, 3.63) is 29.3 Å². The molecular weight excluding hydrogens is 278 g/mol. The van der Waals surface area contributed by atoms with E-state index >= 15 is 0 Å². The van der Waals surface area contributed by atoms with Crippen molar-refractivity contribution < 1.29 is 14.3 Å². The zero-order valence-corrected chi connectivity index (χ0v) is 12.8. The Kier molecular flexibility index (Phi) is 4.89. The molecule has 5 heteroatoms. The number of morpholine rings is 1. The molecule has 1 aliphatic rings. The van der Waals surface area contributed by atoms with Gasteiger partial charge >= 0.3 is 0 Å². The zero-order valence-electron chi connectivity index (χ0n) is 12.1. The van der Waals surface area contributed by atoms with E-state index in [9.17, 15) is 4.79 Å². The number of ether oxygens (including phenoxy) is 2. The summed E-state index contributed by atoms with van der Waals surface area (Å²) in [5.41, 5.74) is 1.62. The molecule has 1 amide bonds. The van der Waals surface area contributed by atoms with Crippen molar-refractivity contribution >= 4 is 17.5 Å². The first-order chi connectivity index (χ1) is 9.56. The van der Waals surface area contributed by atoms with Crippen molar-refractivity contribution in [1.82, 2.24) is 4.90 Å². The first-order valence-electron chi connectivity index (χ1n) is 6.70. The number of halogens is 1. The minimum atomic E-state index is -0.104. The summed E-state index contributed by atoms with van der Waals surface area (Å²) < 4.78 is 10.9. The Balaban J connectivity index is 2.27. The standard InChI is InChI=1S/C15H20ClNO3/c1-10-4-5-14(19-3)13(6-10)15(18)17-8-12(7-16)20-9-11(17)2/h4-6,11-12H,7-9H2,1-3H3. The molecule has 1 saturated heterocycles. The summed E-state index contributed by atoms with van der Waals surface area (Å²) in [6, 6.07) is 5.65. The Morgan fingerprint density at radius 3 is 2.95 bits per heavy atom. The van der Waals surface area contributed by atoms with Gasteiger partial charge in [-0.05, 0) is 26.0 Å². The quantitative estimate of drug-likeness (QED) is 0.805. The van der Waals surface area contributed by atoms with Crippen LogP contribution in [0.3, 0.4) is 0 Å². The molecule has 20 heavy (non-hydrogen) atoms. The first kappa shape index (κ1) is 15.1. The van der Waals surface area contributed by atoms with Crippen LogP contribution in [0.2, 0.25) is 0 Å². The van der Waals surface area contributed by atoms with Gasteiger partial charge in [-0.2, -0.15) is 0 Å². The normalized spacial score (nSPS) is 22.7. The number of amides is 1. The van der Waals surface area contributed by atoms with Gasteiger partial charge in [-0.3, -0.25) is 4.79 Å². The molecule has 0 bridgehead atoms. The van der Waals surface area contributed by atoms with Crippen LogP contribution >= 0.6 is 11.6 Å². The van der Waals surface area contributed by atoms with Gasteiger partial charge in [0.15, 0.2) is 0 Å². The lowest BCUT2D eigenvalue weighted by Gasteiger charge is -2.37. The predicted molar refractivity (Wildman–Crippen MR) is 78.7 cm³/mol. The topological polar surface area (TPSA) is 38.8 Å². The lowest BCUT2D eigenvalue weighted by molar-refractivity contribution is -0.0372. The molecular formula is C15H20ClNO3. The monoisotopic (exact) mass is 297 g/mol. The van der Waals surface area contributed by atoms with Crippen LogP contribution in [-0.2, 0) is 4.74 Å². The van der Waals surface area contributed by atoms with Crippen molar-refractivity contribution in [2.75, 3.05) is 26.1 Å². The lowest BCUT2D eigenvalue weighted by Crippen LogP contribution is -2.51. The fraction of sp³-hybridized carbons (Fsp3) is 0.533. The Morgan fingerprint density at radius 1 is 1.55 bits per heavy atom. The van der Waals surface area contributed by atoms with E-state index in [0.717, 1.165) is 5.56 Å². The van der Waals surface area contributed by atoms with Crippen molar-refractivity contribution in [3.8, 4) is 5.75 Å². The smallest absolute Gasteiger partial charge is 0.258 e. The summed E-state index contributed by atoms with van der Waals surface area (Å²) in [5, 5.41) is 0. The number of hydrogen-bond acceptors (Lipinski definition) is 3. The van der Waals surface area contributed by atoms with Gasteiger partial charge in [0.2, 0.25) is 0 Å². The van der Waals surface area contributed by atoms with Gasteiger partial charge in [0, 0.05) is 6.54 Å². The molecule has 0 saturated carbocycles. The molecule has 0 aliphatic carbocycles. The molecule has 110 valence electrons. The molecule has 1 fully saturated rings. The molecule has 2 atom stereocenters. The summed E-state index contributed by atoms with van der Waals surface area (Å²) in [6.45, 7) is 4.96. The fourth-order valence-electron chi connectivity index (χ4n) is 2.34. The number of methoxy groups -OCH3 is 1. The average Bonchev–Trinajstić information content (AvgIpc) is 2.47. The molecule has 0 spiro atoms. The zero-order chi connectivity index (χ0) is 14.7. The van der Waals surface area contributed by atoms with Crippen LogP contribution in [0.5, 0.6) is 5.75 Å². The van der Waals surface area contributed by atoms with E-state index in [1.54, 1.807) is 7.11 Å². The summed E-state index contributed by atoms with van der Waals surface area (Å²) >= 11 is 5.84. The van der Waals surface area contributed by atoms with Gasteiger partial charge in [0.1, 0.15) is 5.75 Å². The Bertz CT molecular complexity index is 492. The molecule has 2 unspecified atom stereocenters. The lowest BCUT2D eigenvalue weighted by atomic mass is 10.1. The van der Waals surface area contributed by atoms with Crippen molar-refractivity contribution in [3.63, 3.8) is 0 Å². The largest absolute Gasteiger partial charge is 0.496 e. The van der Waals surface area contributed by atoms with Crippen LogP contribution in [0, 0.1) is 6.92 Å². The molecule has 0 N–H and O–H groups in total. The number of aryl methyl sites for hydroxylation is 1. The summed E-state index contributed by atoms with van der Waals surface area (Å²) in [7, 11) is 1.58. The number of alkyl halides is 1. The third kappa shape index (κ3) is 3.07. The van der Waals surface area contributed by atoms with Crippen molar-refractivity contribution in [2.24, 2.45) is 0 Å². The van der Waals surface area contributed by atoms with Gasteiger partial charge < -0.3 is 14.4 Å². The van der Waals surface area contributed by atoms with Crippen LogP contribution < -0.4 is 4.74 Å². The fourth-order valence-corrected chi connectivity index (χ4v) is 2.52. The number of hydrogen-bond donors (Lipinski definition) is 0. The highest BCUT2D eigenvalue weighted by Gasteiger charge is 2.31. The van der Waals surface area contributed by atoms with E-state index in [2.05, 4.69) is 0 Å². The second-order valence-corrected chi connectivity index (χ2v) is 5.43. The Labute approximate surface area is 124 Å². The van der Waals surface area contributed by atoms with Crippen LogP contribution in [-0.4, -0.2) is 49.1 Å². The van der Waals surface area contributed by atoms with Gasteiger partial charge in [-0.25, -0.2) is 0 Å². The van der Waals surface area contributed by atoms with Gasteiger partial charge in [0.05, 0.1) is 37.3 Å².